The average molecular weight is 348 g/mol. The molecule has 0 radical (unpaired) electrons. The first-order chi connectivity index (χ1) is 12.2. The van der Waals surface area contributed by atoms with Gasteiger partial charge >= 0.3 is 0 Å². The summed E-state index contributed by atoms with van der Waals surface area (Å²) in [4.78, 5) is 6.95. The number of hydrogen-bond donors (Lipinski definition) is 1. The van der Waals surface area contributed by atoms with Crippen molar-refractivity contribution in [3.63, 3.8) is 0 Å². The highest BCUT2D eigenvalue weighted by Gasteiger charge is 2.18. The van der Waals surface area contributed by atoms with Crippen LogP contribution in [0.25, 0.3) is 0 Å². The van der Waals surface area contributed by atoms with Gasteiger partial charge in [0.1, 0.15) is 0 Å². The summed E-state index contributed by atoms with van der Waals surface area (Å²) in [5.74, 6) is 1.59. The summed E-state index contributed by atoms with van der Waals surface area (Å²) >= 11 is 0. The van der Waals surface area contributed by atoms with Crippen molar-refractivity contribution in [2.24, 2.45) is 10.9 Å². The molecule has 0 aliphatic carbocycles. The third-order valence-corrected chi connectivity index (χ3v) is 4.45. The lowest BCUT2D eigenvalue weighted by Gasteiger charge is -2.24. The smallest absolute Gasteiger partial charge is 0.193 e. The van der Waals surface area contributed by atoms with Gasteiger partial charge in [-0.15, -0.1) is 0 Å². The van der Waals surface area contributed by atoms with Gasteiger partial charge in [0, 0.05) is 45.8 Å². The van der Waals surface area contributed by atoms with Crippen molar-refractivity contribution in [3.8, 4) is 0 Å². The molecule has 0 aromatic heterocycles. The molecule has 2 unspecified atom stereocenters. The van der Waals surface area contributed by atoms with Crippen molar-refractivity contribution >= 4 is 5.96 Å². The maximum absolute atomic E-state index is 5.92. The largest absolute Gasteiger partial charge is 0.381 e. The predicted molar refractivity (Wildman–Crippen MR) is 103 cm³/mol. The molecule has 0 saturated carbocycles. The zero-order chi connectivity index (χ0) is 17.9. The molecule has 0 bridgehead atoms. The first-order valence-corrected chi connectivity index (χ1v) is 9.44. The van der Waals surface area contributed by atoms with Gasteiger partial charge < -0.3 is 19.7 Å². The molecule has 2 atom stereocenters. The Balaban J connectivity index is 1.71. The maximum Gasteiger partial charge on any atom is 0.193 e. The van der Waals surface area contributed by atoms with Crippen LogP contribution in [0.4, 0.5) is 0 Å². The van der Waals surface area contributed by atoms with Crippen molar-refractivity contribution in [1.82, 2.24) is 10.2 Å². The summed E-state index contributed by atoms with van der Waals surface area (Å²) in [5.41, 5.74) is 1.22. The van der Waals surface area contributed by atoms with Crippen LogP contribution in [-0.2, 0) is 9.47 Å². The molecule has 1 saturated heterocycles. The highest BCUT2D eigenvalue weighted by molar-refractivity contribution is 5.79. The third kappa shape index (κ3) is 7.04. The number of nitrogens with zero attached hydrogens (tertiary/aromatic N) is 2. The Kier molecular flexibility index (Phi) is 8.77. The van der Waals surface area contributed by atoms with E-state index in [0.29, 0.717) is 5.92 Å². The normalized spacial score (nSPS) is 19.0. The van der Waals surface area contributed by atoms with Gasteiger partial charge in [0.25, 0.3) is 0 Å². The lowest BCUT2D eigenvalue weighted by molar-refractivity contribution is 0.0651. The molecule has 140 valence electrons. The van der Waals surface area contributed by atoms with E-state index in [4.69, 9.17) is 14.5 Å². The van der Waals surface area contributed by atoms with Crippen LogP contribution in [0.15, 0.2) is 35.3 Å². The lowest BCUT2D eigenvalue weighted by atomic mass is 10.1. The number of guanidine groups is 1. The zero-order valence-electron chi connectivity index (χ0n) is 15.9. The van der Waals surface area contributed by atoms with Gasteiger partial charge in [0.15, 0.2) is 5.96 Å². The molecule has 1 fully saturated rings. The van der Waals surface area contributed by atoms with Gasteiger partial charge in [-0.05, 0) is 32.3 Å². The Morgan fingerprint density at radius 3 is 2.88 bits per heavy atom. The summed E-state index contributed by atoms with van der Waals surface area (Å²) in [6, 6.07) is 10.3. The van der Waals surface area contributed by atoms with E-state index in [2.05, 4.69) is 43.2 Å². The molecule has 1 heterocycles. The van der Waals surface area contributed by atoms with Gasteiger partial charge in [-0.1, -0.05) is 30.3 Å². The molecule has 5 nitrogen and oxygen atoms in total. The van der Waals surface area contributed by atoms with E-state index in [1.54, 1.807) is 0 Å². The first-order valence-electron chi connectivity index (χ1n) is 9.44. The molecule has 1 aliphatic rings. The predicted octanol–water partition coefficient (Wildman–Crippen LogP) is 3.09. The van der Waals surface area contributed by atoms with Crippen LogP contribution in [0.1, 0.15) is 38.4 Å². The zero-order valence-corrected chi connectivity index (χ0v) is 15.9. The number of rotatable bonds is 9. The van der Waals surface area contributed by atoms with Crippen molar-refractivity contribution in [2.45, 2.75) is 32.8 Å². The summed E-state index contributed by atoms with van der Waals surface area (Å²) < 4.78 is 11.4. The molecule has 5 heteroatoms. The average Bonchev–Trinajstić information content (AvgIpc) is 3.14. The first kappa shape index (κ1) is 19.7. The number of ether oxygens (including phenoxy) is 2. The highest BCUT2D eigenvalue weighted by atomic mass is 16.5. The van der Waals surface area contributed by atoms with Crippen LogP contribution in [0, 0.1) is 5.92 Å². The molecular formula is C20H33N3O2. The molecule has 1 aromatic carbocycles. The van der Waals surface area contributed by atoms with Gasteiger partial charge in [0.2, 0.25) is 0 Å². The minimum absolute atomic E-state index is 0.128. The Morgan fingerprint density at radius 1 is 1.40 bits per heavy atom. The van der Waals surface area contributed by atoms with Gasteiger partial charge in [0.05, 0.1) is 12.7 Å². The van der Waals surface area contributed by atoms with Crippen LogP contribution in [0.5, 0.6) is 0 Å². The van der Waals surface area contributed by atoms with Crippen molar-refractivity contribution in [2.75, 3.05) is 46.5 Å². The van der Waals surface area contributed by atoms with E-state index >= 15 is 0 Å². The van der Waals surface area contributed by atoms with Crippen LogP contribution >= 0.6 is 0 Å². The van der Waals surface area contributed by atoms with Crippen LogP contribution in [-0.4, -0.2) is 57.4 Å². The van der Waals surface area contributed by atoms with Crippen LogP contribution < -0.4 is 5.32 Å². The Bertz CT molecular complexity index is 501. The number of hydrogen-bond acceptors (Lipinski definition) is 3. The minimum atomic E-state index is 0.128. The van der Waals surface area contributed by atoms with Gasteiger partial charge in [-0.3, -0.25) is 4.99 Å². The Morgan fingerprint density at radius 2 is 2.20 bits per heavy atom. The summed E-state index contributed by atoms with van der Waals surface area (Å²) in [7, 11) is 2.10. The fraction of sp³-hybridized carbons (Fsp3) is 0.650. The topological polar surface area (TPSA) is 46.1 Å². The molecule has 1 N–H and O–H groups in total. The Labute approximate surface area is 152 Å². The molecule has 25 heavy (non-hydrogen) atoms. The lowest BCUT2D eigenvalue weighted by Crippen LogP contribution is -2.41. The number of aliphatic imine (C=N–C) groups is 1. The van der Waals surface area contributed by atoms with Crippen molar-refractivity contribution < 1.29 is 9.47 Å². The van der Waals surface area contributed by atoms with E-state index in [1.165, 1.54) is 5.56 Å². The highest BCUT2D eigenvalue weighted by Crippen LogP contribution is 2.16. The quantitative estimate of drug-likeness (QED) is 0.424. The molecule has 2 rings (SSSR count). The fourth-order valence-electron chi connectivity index (χ4n) is 3.00. The van der Waals surface area contributed by atoms with E-state index in [0.717, 1.165) is 58.3 Å². The van der Waals surface area contributed by atoms with Gasteiger partial charge in [-0.2, -0.15) is 0 Å². The molecule has 1 aliphatic heterocycles. The minimum Gasteiger partial charge on any atom is -0.381 e. The SMILES string of the molecule is CCNC(=NCCCOC(C)c1ccccc1)N(C)CC1CCOC1. The standard InChI is InChI=1S/C20H33N3O2/c1-4-21-20(23(3)15-18-11-14-24-16-18)22-12-8-13-25-17(2)19-9-6-5-7-10-19/h5-7,9-10,17-18H,4,8,11-16H2,1-3H3,(H,21,22). The van der Waals surface area contributed by atoms with Crippen LogP contribution in [0.3, 0.4) is 0 Å². The van der Waals surface area contributed by atoms with Gasteiger partial charge in [-0.25, -0.2) is 0 Å². The maximum atomic E-state index is 5.92. The molecule has 0 spiro atoms. The van der Waals surface area contributed by atoms with Crippen molar-refractivity contribution in [3.05, 3.63) is 35.9 Å². The fourth-order valence-corrected chi connectivity index (χ4v) is 3.00. The monoisotopic (exact) mass is 347 g/mol. The second-order valence-corrected chi connectivity index (χ2v) is 6.62. The van der Waals surface area contributed by atoms with E-state index in [1.807, 2.05) is 18.2 Å². The molecule has 1 aromatic rings. The second-order valence-electron chi connectivity index (χ2n) is 6.62. The summed E-state index contributed by atoms with van der Waals surface area (Å²) in [6.07, 6.45) is 2.20. The summed E-state index contributed by atoms with van der Waals surface area (Å²) in [6.45, 7) is 9.33. The second kappa shape index (κ2) is 11.1. The van der Waals surface area contributed by atoms with Crippen molar-refractivity contribution in [1.29, 1.82) is 0 Å². The number of benzene rings is 1. The van der Waals surface area contributed by atoms with E-state index < -0.39 is 0 Å². The number of nitrogens with one attached hydrogen (secondary N) is 1. The molecule has 0 amide bonds. The summed E-state index contributed by atoms with van der Waals surface area (Å²) in [5, 5.41) is 3.38. The van der Waals surface area contributed by atoms with E-state index in [9.17, 15) is 0 Å². The third-order valence-electron chi connectivity index (χ3n) is 4.45. The van der Waals surface area contributed by atoms with Crippen LogP contribution in [0.2, 0.25) is 0 Å². The molecular weight excluding hydrogens is 314 g/mol. The Hall–Kier alpha value is -1.59. The van der Waals surface area contributed by atoms with E-state index in [-0.39, 0.29) is 6.10 Å².